The molecule has 0 N–H and O–H groups in total. The zero-order chi connectivity index (χ0) is 29.2. The molecule has 44 heavy (non-hydrogen) atoms. The molecule has 0 fully saturated rings. The molecule has 10 rings (SSSR count). The maximum atomic E-state index is 2.68. The Morgan fingerprint density at radius 2 is 1.48 bits per heavy atom. The fourth-order valence-electron chi connectivity index (χ4n) is 10.5. The Kier molecular flexibility index (Phi) is 4.88. The summed E-state index contributed by atoms with van der Waals surface area (Å²) >= 11 is 0. The van der Waals surface area contributed by atoms with Gasteiger partial charge in [0.15, 0.2) is 0 Å². The highest BCUT2D eigenvalue weighted by Crippen LogP contribution is 2.73. The van der Waals surface area contributed by atoms with Gasteiger partial charge in [-0.2, -0.15) is 0 Å². The minimum Gasteiger partial charge on any atom is -0.0836 e. The van der Waals surface area contributed by atoms with Crippen molar-refractivity contribution in [3.05, 3.63) is 159 Å². The summed E-state index contributed by atoms with van der Waals surface area (Å²) in [5.41, 5.74) is 21.0. The number of allylic oxidation sites excluding steroid dienone is 8. The van der Waals surface area contributed by atoms with Crippen LogP contribution in [0.15, 0.2) is 120 Å². The molecule has 6 aliphatic rings. The summed E-state index contributed by atoms with van der Waals surface area (Å²) in [6.45, 7) is 5.18. The molecule has 4 unspecified atom stereocenters. The van der Waals surface area contributed by atoms with E-state index in [0.29, 0.717) is 11.8 Å². The molecule has 6 aliphatic carbocycles. The highest BCUT2D eigenvalue weighted by molar-refractivity contribution is 6.02. The maximum absolute atomic E-state index is 2.68. The summed E-state index contributed by atoms with van der Waals surface area (Å²) in [5.74, 6) is 0.754. The van der Waals surface area contributed by atoms with E-state index in [1.54, 1.807) is 33.4 Å². The normalized spacial score (nSPS) is 27.8. The van der Waals surface area contributed by atoms with Crippen LogP contribution in [0.1, 0.15) is 83.9 Å². The molecule has 0 amide bonds. The van der Waals surface area contributed by atoms with Crippen LogP contribution in [0.25, 0.3) is 40.0 Å². The highest BCUT2D eigenvalue weighted by Gasteiger charge is 2.60. The molecule has 4 atom stereocenters. The van der Waals surface area contributed by atoms with Crippen molar-refractivity contribution in [3.8, 4) is 22.3 Å². The van der Waals surface area contributed by atoms with Crippen LogP contribution in [0, 0.1) is 5.41 Å². The zero-order valence-corrected chi connectivity index (χ0v) is 25.5. The minimum absolute atomic E-state index is 0.00893. The number of benzene rings is 4. The van der Waals surface area contributed by atoms with E-state index in [1.807, 2.05) is 0 Å². The van der Waals surface area contributed by atoms with E-state index in [0.717, 1.165) is 25.7 Å². The molecular weight excluding hydrogens is 528 g/mol. The van der Waals surface area contributed by atoms with Crippen LogP contribution in [0.4, 0.5) is 0 Å². The lowest BCUT2D eigenvalue weighted by atomic mass is 9.48. The molecular formula is C44H36. The molecule has 0 spiro atoms. The summed E-state index contributed by atoms with van der Waals surface area (Å²) in [5, 5.41) is 0. The third kappa shape index (κ3) is 2.90. The lowest BCUT2D eigenvalue weighted by Gasteiger charge is -2.55. The third-order valence-corrected chi connectivity index (χ3v) is 12.1. The number of hydrogen-bond acceptors (Lipinski definition) is 0. The molecule has 212 valence electrons. The predicted molar refractivity (Wildman–Crippen MR) is 184 cm³/mol. The summed E-state index contributed by atoms with van der Waals surface area (Å²) in [7, 11) is 0. The van der Waals surface area contributed by atoms with Crippen molar-refractivity contribution in [2.45, 2.75) is 56.8 Å². The second kappa shape index (κ2) is 8.60. The Balaban J connectivity index is 1.34. The van der Waals surface area contributed by atoms with E-state index in [1.165, 1.54) is 44.5 Å². The van der Waals surface area contributed by atoms with Crippen LogP contribution in [-0.2, 0) is 11.8 Å². The first-order chi connectivity index (χ1) is 21.6. The average molecular weight is 565 g/mol. The molecule has 0 nitrogen and oxygen atoms in total. The molecule has 0 heteroatoms. The van der Waals surface area contributed by atoms with Crippen molar-refractivity contribution < 1.29 is 0 Å². The first-order valence-electron chi connectivity index (χ1n) is 16.5. The lowest BCUT2D eigenvalue weighted by Crippen LogP contribution is -2.45. The topological polar surface area (TPSA) is 0 Å². The largest absolute Gasteiger partial charge is 0.0836 e. The van der Waals surface area contributed by atoms with E-state index in [9.17, 15) is 0 Å². The van der Waals surface area contributed by atoms with Gasteiger partial charge in [-0.05, 0) is 104 Å². The van der Waals surface area contributed by atoms with Gasteiger partial charge in [0.05, 0.1) is 0 Å². The van der Waals surface area contributed by atoms with Crippen LogP contribution in [0.2, 0.25) is 0 Å². The van der Waals surface area contributed by atoms with Gasteiger partial charge < -0.3 is 0 Å². The van der Waals surface area contributed by atoms with Gasteiger partial charge in [-0.25, -0.2) is 0 Å². The Bertz CT molecular complexity index is 2080. The standard InChI is InChI=1S/C44H36/c1-43-26-25-36-41-39(29-15-7-4-8-16-29)31-20-10-9-19-30(31)38(28-13-5-3-6-14-28)40(41)35-24-23-33(42(43)44(35,36)2)32-21-11-17-27-18-12-22-34(43)37(27)32/h3-8,10-18,20,22-25,32,35H,9,19,21,26H2,1-2H3. The Labute approximate surface area is 260 Å². The number of rotatable bonds is 2. The summed E-state index contributed by atoms with van der Waals surface area (Å²) < 4.78 is 0. The van der Waals surface area contributed by atoms with Crippen LogP contribution in [0.3, 0.4) is 0 Å². The quantitative estimate of drug-likeness (QED) is 0.227. The minimum atomic E-state index is -0.0883. The maximum Gasteiger partial charge on any atom is 0.0255 e. The van der Waals surface area contributed by atoms with E-state index in [2.05, 4.69) is 135 Å². The van der Waals surface area contributed by atoms with Crippen LogP contribution >= 0.6 is 0 Å². The van der Waals surface area contributed by atoms with Crippen molar-refractivity contribution in [1.29, 1.82) is 0 Å². The fourth-order valence-corrected chi connectivity index (χ4v) is 10.5. The molecule has 0 bridgehead atoms. The average Bonchev–Trinajstić information content (AvgIpc) is 3.33. The fraction of sp³-hybridized carbons (Fsp3) is 0.227. The highest BCUT2D eigenvalue weighted by atomic mass is 14.6. The van der Waals surface area contributed by atoms with Gasteiger partial charge in [-0.3, -0.25) is 0 Å². The van der Waals surface area contributed by atoms with Gasteiger partial charge in [0.25, 0.3) is 0 Å². The Morgan fingerprint density at radius 1 is 0.705 bits per heavy atom. The Morgan fingerprint density at radius 3 is 2.27 bits per heavy atom. The van der Waals surface area contributed by atoms with Crippen LogP contribution < -0.4 is 0 Å². The van der Waals surface area contributed by atoms with Gasteiger partial charge >= 0.3 is 0 Å². The second-order valence-electron chi connectivity index (χ2n) is 14.1. The molecule has 0 aliphatic heterocycles. The van der Waals surface area contributed by atoms with Crippen molar-refractivity contribution in [1.82, 2.24) is 0 Å². The smallest absolute Gasteiger partial charge is 0.0255 e. The Hall–Kier alpha value is -4.42. The monoisotopic (exact) mass is 564 g/mol. The molecule has 0 aromatic heterocycles. The zero-order valence-electron chi connectivity index (χ0n) is 25.5. The van der Waals surface area contributed by atoms with E-state index < -0.39 is 0 Å². The van der Waals surface area contributed by atoms with E-state index in [4.69, 9.17) is 0 Å². The second-order valence-corrected chi connectivity index (χ2v) is 14.1. The first-order valence-corrected chi connectivity index (χ1v) is 16.5. The SMILES string of the molecule is CC12CC=C3c4c(-c5ccccc5)c5c(c(-c6ccccc6)c4C4C=CC(=C1C34C)C1CC=Cc3cccc2c31)CCC=C5. The van der Waals surface area contributed by atoms with Gasteiger partial charge in [0.1, 0.15) is 0 Å². The molecule has 0 saturated heterocycles. The van der Waals surface area contributed by atoms with E-state index in [-0.39, 0.29) is 10.8 Å². The van der Waals surface area contributed by atoms with Crippen molar-refractivity contribution in [2.75, 3.05) is 0 Å². The van der Waals surface area contributed by atoms with Gasteiger partial charge in [0, 0.05) is 22.7 Å². The van der Waals surface area contributed by atoms with Crippen molar-refractivity contribution >= 4 is 17.7 Å². The summed E-state index contributed by atoms with van der Waals surface area (Å²) in [4.78, 5) is 0. The first kappa shape index (κ1) is 25.0. The molecule has 0 heterocycles. The van der Waals surface area contributed by atoms with E-state index >= 15 is 0 Å². The van der Waals surface area contributed by atoms with Gasteiger partial charge in [-0.15, -0.1) is 0 Å². The van der Waals surface area contributed by atoms with Crippen molar-refractivity contribution in [2.24, 2.45) is 5.41 Å². The molecule has 0 saturated carbocycles. The van der Waals surface area contributed by atoms with Gasteiger partial charge in [-0.1, -0.05) is 135 Å². The third-order valence-electron chi connectivity index (χ3n) is 12.1. The van der Waals surface area contributed by atoms with Gasteiger partial charge in [0.2, 0.25) is 0 Å². The molecule has 4 aromatic rings. The van der Waals surface area contributed by atoms with Crippen LogP contribution in [0.5, 0.6) is 0 Å². The molecule has 0 radical (unpaired) electrons. The predicted octanol–water partition coefficient (Wildman–Crippen LogP) is 11.2. The summed E-state index contributed by atoms with van der Waals surface area (Å²) in [6.07, 6.45) is 21.8. The molecule has 4 aromatic carbocycles. The van der Waals surface area contributed by atoms with Crippen LogP contribution in [-0.4, -0.2) is 0 Å². The van der Waals surface area contributed by atoms with Crippen molar-refractivity contribution in [3.63, 3.8) is 0 Å². The lowest BCUT2D eigenvalue weighted by molar-refractivity contribution is 0.357. The number of hydrogen-bond donors (Lipinski definition) is 0. The summed E-state index contributed by atoms with van der Waals surface area (Å²) in [6, 6.07) is 29.7. The number of fused-ring (bicyclic) bond motifs is 6.